The summed E-state index contributed by atoms with van der Waals surface area (Å²) in [6.07, 6.45) is 0. The van der Waals surface area contributed by atoms with E-state index in [0.717, 1.165) is 23.0 Å². The highest BCUT2D eigenvalue weighted by Crippen LogP contribution is 2.29. The molecule has 0 unspecified atom stereocenters. The van der Waals surface area contributed by atoms with Crippen molar-refractivity contribution in [3.05, 3.63) is 78.4 Å². The number of para-hydroxylation sites is 1. The summed E-state index contributed by atoms with van der Waals surface area (Å²) in [7, 11) is -1.46. The molecule has 2 N–H and O–H groups in total. The summed E-state index contributed by atoms with van der Waals surface area (Å²) in [6.45, 7) is 0.746. The second-order valence-electron chi connectivity index (χ2n) is 5.74. The molecule has 1 aromatic heterocycles. The van der Waals surface area contributed by atoms with Crippen molar-refractivity contribution in [1.82, 2.24) is 4.57 Å². The highest BCUT2D eigenvalue weighted by atomic mass is 16.4. The summed E-state index contributed by atoms with van der Waals surface area (Å²) in [5.41, 5.74) is 3.89. The van der Waals surface area contributed by atoms with E-state index in [1.807, 2.05) is 42.5 Å². The van der Waals surface area contributed by atoms with E-state index in [9.17, 15) is 10.0 Å². The Morgan fingerprint density at radius 2 is 1.43 bits per heavy atom. The molecule has 0 amide bonds. The van der Waals surface area contributed by atoms with Crippen LogP contribution in [0.2, 0.25) is 0 Å². The first-order valence-corrected chi connectivity index (χ1v) is 7.65. The van der Waals surface area contributed by atoms with Crippen LogP contribution in [0.25, 0.3) is 21.8 Å². The third-order valence-corrected chi connectivity index (χ3v) is 4.28. The molecule has 3 nitrogen and oxygen atoms in total. The fraction of sp³-hybridized carbons (Fsp3) is 0.0526. The van der Waals surface area contributed by atoms with E-state index in [1.54, 1.807) is 6.07 Å². The number of hydrogen-bond donors (Lipinski definition) is 2. The molecule has 0 atom stereocenters. The van der Waals surface area contributed by atoms with E-state index in [2.05, 4.69) is 28.8 Å². The van der Waals surface area contributed by atoms with Crippen molar-refractivity contribution in [2.45, 2.75) is 6.54 Å². The highest BCUT2D eigenvalue weighted by molar-refractivity contribution is 6.59. The van der Waals surface area contributed by atoms with Crippen molar-refractivity contribution in [2.75, 3.05) is 0 Å². The minimum atomic E-state index is -1.46. The molecule has 0 aliphatic rings. The fourth-order valence-corrected chi connectivity index (χ4v) is 3.16. The van der Waals surface area contributed by atoms with Crippen LogP contribution in [-0.4, -0.2) is 21.7 Å². The largest absolute Gasteiger partial charge is 0.488 e. The summed E-state index contributed by atoms with van der Waals surface area (Å²) in [5.74, 6) is 0. The van der Waals surface area contributed by atoms with Crippen LogP contribution in [0.5, 0.6) is 0 Å². The van der Waals surface area contributed by atoms with Crippen LogP contribution in [-0.2, 0) is 6.54 Å². The van der Waals surface area contributed by atoms with E-state index in [4.69, 9.17) is 0 Å². The zero-order valence-corrected chi connectivity index (χ0v) is 12.6. The molecule has 0 aliphatic carbocycles. The Bertz CT molecular complexity index is 977. The van der Waals surface area contributed by atoms with Crippen molar-refractivity contribution in [3.63, 3.8) is 0 Å². The van der Waals surface area contributed by atoms with Gasteiger partial charge in [-0.2, -0.15) is 0 Å². The number of benzene rings is 3. The molecular formula is C19H16BNO2. The third-order valence-electron chi connectivity index (χ3n) is 4.28. The van der Waals surface area contributed by atoms with Crippen LogP contribution in [0.15, 0.2) is 72.8 Å². The molecule has 0 saturated heterocycles. The van der Waals surface area contributed by atoms with Gasteiger partial charge in [-0.05, 0) is 23.2 Å². The van der Waals surface area contributed by atoms with Crippen molar-refractivity contribution in [3.8, 4) is 0 Å². The predicted molar refractivity (Wildman–Crippen MR) is 94.8 cm³/mol. The van der Waals surface area contributed by atoms with Crippen molar-refractivity contribution in [1.29, 1.82) is 0 Å². The lowest BCUT2D eigenvalue weighted by Crippen LogP contribution is -2.29. The molecule has 0 aliphatic heterocycles. The summed E-state index contributed by atoms with van der Waals surface area (Å²) >= 11 is 0. The molecule has 23 heavy (non-hydrogen) atoms. The first-order chi connectivity index (χ1) is 11.2. The Kier molecular flexibility index (Phi) is 3.41. The molecule has 3 aromatic carbocycles. The molecule has 0 radical (unpaired) electrons. The molecule has 0 saturated carbocycles. The van der Waals surface area contributed by atoms with Crippen LogP contribution in [0.3, 0.4) is 0 Å². The Morgan fingerprint density at radius 3 is 2.22 bits per heavy atom. The summed E-state index contributed by atoms with van der Waals surface area (Å²) in [6, 6.07) is 24.2. The van der Waals surface area contributed by atoms with Gasteiger partial charge in [0, 0.05) is 28.4 Å². The number of fused-ring (bicyclic) bond motifs is 3. The van der Waals surface area contributed by atoms with Gasteiger partial charge in [-0.15, -0.1) is 0 Å². The van der Waals surface area contributed by atoms with Crippen LogP contribution in [0, 0.1) is 0 Å². The lowest BCUT2D eigenvalue weighted by atomic mass is 9.80. The van der Waals surface area contributed by atoms with E-state index >= 15 is 0 Å². The first-order valence-electron chi connectivity index (χ1n) is 7.65. The zero-order chi connectivity index (χ0) is 15.8. The minimum absolute atomic E-state index is 0.509. The molecule has 4 aromatic rings. The van der Waals surface area contributed by atoms with Gasteiger partial charge in [-0.3, -0.25) is 0 Å². The van der Waals surface area contributed by atoms with Gasteiger partial charge in [0.25, 0.3) is 0 Å². The molecule has 0 spiro atoms. The van der Waals surface area contributed by atoms with Crippen LogP contribution >= 0.6 is 0 Å². The summed E-state index contributed by atoms with van der Waals surface area (Å²) in [5, 5.41) is 21.3. The molecule has 4 heteroatoms. The van der Waals surface area contributed by atoms with Gasteiger partial charge in [-0.25, -0.2) is 0 Å². The topological polar surface area (TPSA) is 45.4 Å². The van der Waals surface area contributed by atoms with Gasteiger partial charge in [-0.1, -0.05) is 60.7 Å². The van der Waals surface area contributed by atoms with Crippen LogP contribution < -0.4 is 5.46 Å². The van der Waals surface area contributed by atoms with Crippen molar-refractivity contribution in [2.24, 2.45) is 0 Å². The maximum Gasteiger partial charge on any atom is 0.488 e. The SMILES string of the molecule is OB(O)c1ccc2c3ccccc3n(Cc3ccccc3)c2c1. The predicted octanol–water partition coefficient (Wildman–Crippen LogP) is 2.52. The van der Waals surface area contributed by atoms with E-state index in [0.29, 0.717) is 5.46 Å². The van der Waals surface area contributed by atoms with Gasteiger partial charge in [0.2, 0.25) is 0 Å². The van der Waals surface area contributed by atoms with Gasteiger partial charge < -0.3 is 14.6 Å². The van der Waals surface area contributed by atoms with Crippen molar-refractivity contribution >= 4 is 34.4 Å². The quantitative estimate of drug-likeness (QED) is 0.571. The molecule has 4 rings (SSSR count). The average Bonchev–Trinajstić information content (AvgIpc) is 2.90. The second kappa shape index (κ2) is 5.58. The Morgan fingerprint density at radius 1 is 0.739 bits per heavy atom. The summed E-state index contributed by atoms with van der Waals surface area (Å²) in [4.78, 5) is 0. The zero-order valence-electron chi connectivity index (χ0n) is 12.6. The lowest BCUT2D eigenvalue weighted by Gasteiger charge is -2.08. The van der Waals surface area contributed by atoms with Gasteiger partial charge in [0.05, 0.1) is 0 Å². The van der Waals surface area contributed by atoms with E-state index in [1.165, 1.54) is 10.9 Å². The highest BCUT2D eigenvalue weighted by Gasteiger charge is 2.15. The maximum absolute atomic E-state index is 9.48. The normalized spacial score (nSPS) is 11.2. The van der Waals surface area contributed by atoms with Gasteiger partial charge >= 0.3 is 7.12 Å². The Labute approximate surface area is 134 Å². The minimum Gasteiger partial charge on any atom is -0.423 e. The van der Waals surface area contributed by atoms with Crippen molar-refractivity contribution < 1.29 is 10.0 Å². The average molecular weight is 301 g/mol. The Balaban J connectivity index is 1.99. The monoisotopic (exact) mass is 301 g/mol. The number of aromatic nitrogens is 1. The lowest BCUT2D eigenvalue weighted by molar-refractivity contribution is 0.426. The number of nitrogens with zero attached hydrogens (tertiary/aromatic N) is 1. The number of hydrogen-bond acceptors (Lipinski definition) is 2. The van der Waals surface area contributed by atoms with E-state index < -0.39 is 7.12 Å². The Hall–Kier alpha value is -2.56. The first kappa shape index (κ1) is 14.1. The van der Waals surface area contributed by atoms with Gasteiger partial charge in [0.15, 0.2) is 0 Å². The molecule has 1 heterocycles. The standard InChI is InChI=1S/C19H16BNO2/c22-20(23)15-10-11-17-16-8-4-5-9-18(16)21(19(17)12-15)13-14-6-2-1-3-7-14/h1-12,22-23H,13H2. The fourth-order valence-electron chi connectivity index (χ4n) is 3.16. The molecule has 0 bridgehead atoms. The van der Waals surface area contributed by atoms with Crippen LogP contribution in [0.4, 0.5) is 0 Å². The smallest absolute Gasteiger partial charge is 0.423 e. The summed E-state index contributed by atoms with van der Waals surface area (Å²) < 4.78 is 2.23. The molecular weight excluding hydrogens is 285 g/mol. The molecule has 112 valence electrons. The molecule has 0 fully saturated rings. The van der Waals surface area contributed by atoms with E-state index in [-0.39, 0.29) is 0 Å². The van der Waals surface area contributed by atoms with Crippen LogP contribution in [0.1, 0.15) is 5.56 Å². The second-order valence-corrected chi connectivity index (χ2v) is 5.74. The third kappa shape index (κ3) is 2.42. The number of rotatable bonds is 3. The van der Waals surface area contributed by atoms with Gasteiger partial charge in [0.1, 0.15) is 0 Å². The maximum atomic E-state index is 9.48.